The molecule has 0 spiro atoms. The van der Waals surface area contributed by atoms with Crippen LogP contribution in [0.5, 0.6) is 0 Å². The van der Waals surface area contributed by atoms with Crippen LogP contribution in [0.4, 0.5) is 5.69 Å². The third kappa shape index (κ3) is 4.29. The van der Waals surface area contributed by atoms with E-state index in [2.05, 4.69) is 5.32 Å². The second-order valence-corrected chi connectivity index (χ2v) is 5.43. The number of benzene rings is 1. The van der Waals surface area contributed by atoms with Crippen molar-refractivity contribution in [2.45, 2.75) is 38.9 Å². The minimum absolute atomic E-state index is 0.0762. The Hall–Kier alpha value is -1.92. The summed E-state index contributed by atoms with van der Waals surface area (Å²) < 4.78 is 11.0. The number of carbonyl (C=O) groups is 2. The highest BCUT2D eigenvalue weighted by molar-refractivity contribution is 5.95. The Morgan fingerprint density at radius 2 is 2.27 bits per heavy atom. The number of hydrogen-bond acceptors (Lipinski definition) is 4. The van der Waals surface area contributed by atoms with Crippen molar-refractivity contribution in [2.24, 2.45) is 0 Å². The highest BCUT2D eigenvalue weighted by Gasteiger charge is 2.20. The van der Waals surface area contributed by atoms with Crippen molar-refractivity contribution in [1.82, 2.24) is 0 Å². The van der Waals surface area contributed by atoms with Crippen LogP contribution >= 0.6 is 0 Å². The Balaban J connectivity index is 1.87. The highest BCUT2D eigenvalue weighted by Crippen LogP contribution is 2.16. The zero-order valence-corrected chi connectivity index (χ0v) is 12.8. The molecule has 6 nitrogen and oxygen atoms in total. The zero-order valence-electron chi connectivity index (χ0n) is 12.8. The number of carbonyl (C=O) groups excluding carboxylic acids is 1. The van der Waals surface area contributed by atoms with Gasteiger partial charge in [-0.05, 0) is 50.5 Å². The van der Waals surface area contributed by atoms with Gasteiger partial charge < -0.3 is 19.9 Å². The molecule has 2 rings (SSSR count). The van der Waals surface area contributed by atoms with Crippen molar-refractivity contribution < 1.29 is 24.2 Å². The van der Waals surface area contributed by atoms with E-state index in [4.69, 9.17) is 14.6 Å². The van der Waals surface area contributed by atoms with Gasteiger partial charge in [0, 0.05) is 12.3 Å². The van der Waals surface area contributed by atoms with Gasteiger partial charge in [-0.1, -0.05) is 0 Å². The first kappa shape index (κ1) is 16.5. The van der Waals surface area contributed by atoms with Crippen LogP contribution in [0.3, 0.4) is 0 Å². The fourth-order valence-electron chi connectivity index (χ4n) is 2.33. The molecule has 2 unspecified atom stereocenters. The number of amides is 1. The number of nitrogens with one attached hydrogen (secondary N) is 1. The van der Waals surface area contributed by atoms with Crippen LogP contribution in [0, 0.1) is 6.92 Å². The normalized spacial score (nSPS) is 18.9. The van der Waals surface area contributed by atoms with Gasteiger partial charge in [0.15, 0.2) is 0 Å². The molecule has 22 heavy (non-hydrogen) atoms. The summed E-state index contributed by atoms with van der Waals surface area (Å²) in [5.74, 6) is -1.25. The zero-order chi connectivity index (χ0) is 16.1. The monoisotopic (exact) mass is 307 g/mol. The van der Waals surface area contributed by atoms with Gasteiger partial charge >= 0.3 is 5.97 Å². The topological polar surface area (TPSA) is 84.9 Å². The number of ether oxygens (including phenoxy) is 2. The number of aromatic carboxylic acids is 1. The lowest BCUT2D eigenvalue weighted by Gasteiger charge is -2.16. The lowest BCUT2D eigenvalue weighted by molar-refractivity contribution is -0.128. The Labute approximate surface area is 129 Å². The van der Waals surface area contributed by atoms with E-state index < -0.39 is 12.1 Å². The number of anilines is 1. The summed E-state index contributed by atoms with van der Waals surface area (Å²) in [6.45, 7) is 4.54. The molecular weight excluding hydrogens is 286 g/mol. The Morgan fingerprint density at radius 3 is 2.86 bits per heavy atom. The van der Waals surface area contributed by atoms with Gasteiger partial charge in [0.1, 0.15) is 6.10 Å². The average Bonchev–Trinajstić information content (AvgIpc) is 2.97. The van der Waals surface area contributed by atoms with Crippen molar-refractivity contribution in [3.05, 3.63) is 29.3 Å². The maximum absolute atomic E-state index is 12.1. The maximum atomic E-state index is 12.1. The third-order valence-electron chi connectivity index (χ3n) is 3.65. The Morgan fingerprint density at radius 1 is 1.50 bits per heavy atom. The molecule has 120 valence electrons. The molecule has 1 aliphatic rings. The summed E-state index contributed by atoms with van der Waals surface area (Å²) in [5, 5.41) is 11.7. The fourth-order valence-corrected chi connectivity index (χ4v) is 2.33. The molecule has 2 atom stereocenters. The summed E-state index contributed by atoms with van der Waals surface area (Å²) in [5.41, 5.74) is 1.37. The summed E-state index contributed by atoms with van der Waals surface area (Å²) in [6.07, 6.45) is 1.48. The van der Waals surface area contributed by atoms with Crippen molar-refractivity contribution in [2.75, 3.05) is 18.5 Å². The molecule has 1 saturated heterocycles. The second kappa shape index (κ2) is 7.38. The standard InChI is InChI=1S/C16H21NO5/c1-10-8-12(5-6-14(10)16(19)20)17-15(18)11(2)22-9-13-4-3-7-21-13/h5-6,8,11,13H,3-4,7,9H2,1-2H3,(H,17,18)(H,19,20). The van der Waals surface area contributed by atoms with E-state index in [9.17, 15) is 9.59 Å². The van der Waals surface area contributed by atoms with E-state index in [1.807, 2.05) is 0 Å². The molecule has 2 N–H and O–H groups in total. The van der Waals surface area contributed by atoms with Gasteiger partial charge in [0.05, 0.1) is 18.3 Å². The summed E-state index contributed by atoms with van der Waals surface area (Å²) in [6, 6.07) is 4.68. The van der Waals surface area contributed by atoms with Crippen LogP contribution in [-0.4, -0.2) is 42.4 Å². The molecule has 1 aromatic carbocycles. The maximum Gasteiger partial charge on any atom is 0.335 e. The smallest absolute Gasteiger partial charge is 0.335 e. The fraction of sp³-hybridized carbons (Fsp3) is 0.500. The van der Waals surface area contributed by atoms with Gasteiger partial charge in [0.2, 0.25) is 0 Å². The molecule has 1 aliphatic heterocycles. The Bertz CT molecular complexity index is 551. The van der Waals surface area contributed by atoms with E-state index in [1.54, 1.807) is 26.0 Å². The van der Waals surface area contributed by atoms with Crippen LogP contribution in [0.2, 0.25) is 0 Å². The third-order valence-corrected chi connectivity index (χ3v) is 3.65. The minimum Gasteiger partial charge on any atom is -0.478 e. The predicted octanol–water partition coefficient (Wildman–Crippen LogP) is 2.22. The summed E-state index contributed by atoms with van der Waals surface area (Å²) in [4.78, 5) is 23.0. The molecule has 1 amide bonds. The second-order valence-electron chi connectivity index (χ2n) is 5.43. The van der Waals surface area contributed by atoms with E-state index in [0.717, 1.165) is 19.4 Å². The predicted molar refractivity (Wildman–Crippen MR) is 81.2 cm³/mol. The van der Waals surface area contributed by atoms with Gasteiger partial charge in [-0.25, -0.2) is 4.79 Å². The number of carboxylic acids is 1. The molecule has 1 aromatic rings. The highest BCUT2D eigenvalue weighted by atomic mass is 16.5. The summed E-state index contributed by atoms with van der Waals surface area (Å²) in [7, 11) is 0. The number of carboxylic acid groups (broad SMARTS) is 1. The molecular formula is C16H21NO5. The lowest BCUT2D eigenvalue weighted by Crippen LogP contribution is -2.30. The summed E-state index contributed by atoms with van der Waals surface area (Å²) >= 11 is 0. The first-order valence-electron chi connectivity index (χ1n) is 7.35. The SMILES string of the molecule is Cc1cc(NC(=O)C(C)OCC2CCCO2)ccc1C(=O)O. The Kier molecular flexibility index (Phi) is 5.51. The number of aryl methyl sites for hydroxylation is 1. The van der Waals surface area contributed by atoms with Crippen molar-refractivity contribution in [3.63, 3.8) is 0 Å². The molecule has 1 fully saturated rings. The minimum atomic E-state index is -0.983. The molecule has 0 aromatic heterocycles. The first-order chi connectivity index (χ1) is 10.5. The van der Waals surface area contributed by atoms with Crippen molar-refractivity contribution in [1.29, 1.82) is 0 Å². The molecule has 1 heterocycles. The largest absolute Gasteiger partial charge is 0.478 e. The van der Waals surface area contributed by atoms with E-state index in [0.29, 0.717) is 17.9 Å². The van der Waals surface area contributed by atoms with Crippen LogP contribution in [0.15, 0.2) is 18.2 Å². The molecule has 0 aliphatic carbocycles. The van der Waals surface area contributed by atoms with Gasteiger partial charge in [-0.15, -0.1) is 0 Å². The quantitative estimate of drug-likeness (QED) is 0.841. The number of rotatable bonds is 6. The van der Waals surface area contributed by atoms with Crippen molar-refractivity contribution in [3.8, 4) is 0 Å². The molecule has 6 heteroatoms. The van der Waals surface area contributed by atoms with Crippen LogP contribution < -0.4 is 5.32 Å². The van der Waals surface area contributed by atoms with E-state index in [1.165, 1.54) is 6.07 Å². The van der Waals surface area contributed by atoms with E-state index >= 15 is 0 Å². The molecule has 0 bridgehead atoms. The molecule has 0 radical (unpaired) electrons. The number of hydrogen-bond donors (Lipinski definition) is 2. The van der Waals surface area contributed by atoms with E-state index in [-0.39, 0.29) is 17.6 Å². The lowest BCUT2D eigenvalue weighted by atomic mass is 10.1. The van der Waals surface area contributed by atoms with Gasteiger partial charge in [-0.3, -0.25) is 4.79 Å². The van der Waals surface area contributed by atoms with Gasteiger partial charge in [0.25, 0.3) is 5.91 Å². The van der Waals surface area contributed by atoms with Crippen LogP contribution in [-0.2, 0) is 14.3 Å². The van der Waals surface area contributed by atoms with Crippen LogP contribution in [0.25, 0.3) is 0 Å². The van der Waals surface area contributed by atoms with Crippen LogP contribution in [0.1, 0.15) is 35.7 Å². The first-order valence-corrected chi connectivity index (χ1v) is 7.35. The van der Waals surface area contributed by atoms with Gasteiger partial charge in [-0.2, -0.15) is 0 Å². The van der Waals surface area contributed by atoms with Crippen molar-refractivity contribution >= 4 is 17.6 Å². The molecule has 0 saturated carbocycles. The average molecular weight is 307 g/mol.